The zero-order chi connectivity index (χ0) is 40.6. The number of carbonyl (C=O) groups is 3. The normalized spacial score (nSPS) is 11.9. The molecule has 58 heavy (non-hydrogen) atoms. The van der Waals surface area contributed by atoms with Gasteiger partial charge >= 0.3 is 5.97 Å². The molecule has 2 N–H and O–H groups in total. The topological polar surface area (TPSA) is 84.5 Å². The molecule has 0 bridgehead atoms. The molecule has 0 fully saturated rings. The molecule has 0 amide bonds. The molecule has 1 aliphatic carbocycles. The van der Waals surface area contributed by atoms with Crippen molar-refractivity contribution >= 4 is 58.5 Å². The molecule has 7 rings (SSSR count). The van der Waals surface area contributed by atoms with E-state index >= 15 is 9.59 Å². The van der Waals surface area contributed by atoms with Gasteiger partial charge in [0.15, 0.2) is 11.6 Å². The lowest BCUT2D eigenvalue weighted by Crippen LogP contribution is -2.26. The molecular weight excluding hydrogens is 757 g/mol. The highest BCUT2D eigenvalue weighted by Gasteiger charge is 2.38. The number of carbonyl (C=O) groups excluding carboxylic acids is 3. The molecule has 292 valence electrons. The first-order valence-corrected chi connectivity index (χ1v) is 21.2. The fourth-order valence-corrected chi connectivity index (χ4v) is 9.05. The summed E-state index contributed by atoms with van der Waals surface area (Å²) in [5.74, 6) is -0.624. The first-order chi connectivity index (χ1) is 28.2. The number of hydrogen-bond acceptors (Lipinski definition) is 8. The van der Waals surface area contributed by atoms with Gasteiger partial charge in [0.05, 0.1) is 16.7 Å². The van der Waals surface area contributed by atoms with Gasteiger partial charge in [0.25, 0.3) is 0 Å². The first-order valence-electron chi connectivity index (χ1n) is 19.6. The maximum absolute atomic E-state index is 15.3. The van der Waals surface area contributed by atoms with Gasteiger partial charge in [0.2, 0.25) is 0 Å². The highest BCUT2D eigenvalue weighted by atomic mass is 32.2. The van der Waals surface area contributed by atoms with E-state index in [0.29, 0.717) is 74.4 Å². The second-order valence-corrected chi connectivity index (χ2v) is 16.7. The van der Waals surface area contributed by atoms with Crippen LogP contribution < -0.4 is 10.6 Å². The van der Waals surface area contributed by atoms with Gasteiger partial charge in [0, 0.05) is 55.2 Å². The van der Waals surface area contributed by atoms with Crippen molar-refractivity contribution in [3.05, 3.63) is 184 Å². The van der Waals surface area contributed by atoms with Crippen molar-refractivity contribution < 1.29 is 19.1 Å². The van der Waals surface area contributed by atoms with E-state index < -0.39 is 5.97 Å². The Morgan fingerprint density at radius 3 is 1.88 bits per heavy atom. The minimum absolute atomic E-state index is 0.134. The van der Waals surface area contributed by atoms with Gasteiger partial charge in [-0.2, -0.15) is 0 Å². The number of hydrogen-bond donors (Lipinski definition) is 2. The predicted molar refractivity (Wildman–Crippen MR) is 238 cm³/mol. The molecule has 0 spiro atoms. The van der Waals surface area contributed by atoms with Gasteiger partial charge in [-0.15, -0.1) is 0 Å². The molecule has 8 heteroatoms. The number of anilines is 2. The van der Waals surface area contributed by atoms with Crippen LogP contribution in [0.5, 0.6) is 0 Å². The predicted octanol–water partition coefficient (Wildman–Crippen LogP) is 12.2. The fraction of sp³-hybridized carbons (Fsp3) is 0.180. The summed E-state index contributed by atoms with van der Waals surface area (Å²) in [6.07, 6.45) is 3.38. The van der Waals surface area contributed by atoms with Crippen LogP contribution in [0.15, 0.2) is 154 Å². The summed E-state index contributed by atoms with van der Waals surface area (Å²) in [6, 6.07) is 41.0. The molecule has 0 heterocycles. The molecule has 0 saturated heterocycles. The Morgan fingerprint density at radius 2 is 1.24 bits per heavy atom. The average molecular weight is 803 g/mol. The van der Waals surface area contributed by atoms with Crippen LogP contribution in [0.4, 0.5) is 11.4 Å². The quantitative estimate of drug-likeness (QED) is 0.0935. The van der Waals surface area contributed by atoms with Crippen LogP contribution in [-0.2, 0) is 17.8 Å². The molecule has 0 unspecified atom stereocenters. The van der Waals surface area contributed by atoms with Crippen molar-refractivity contribution in [2.75, 3.05) is 23.7 Å². The lowest BCUT2D eigenvalue weighted by atomic mass is 9.82. The van der Waals surface area contributed by atoms with Gasteiger partial charge in [-0.25, -0.2) is 4.79 Å². The molecular formula is C50H46N2O4S2. The maximum Gasteiger partial charge on any atom is 0.339 e. The van der Waals surface area contributed by atoms with Crippen molar-refractivity contribution in [3.8, 4) is 0 Å². The van der Waals surface area contributed by atoms with E-state index in [4.69, 9.17) is 4.74 Å². The second kappa shape index (κ2) is 18.6. The van der Waals surface area contributed by atoms with Crippen molar-refractivity contribution in [3.63, 3.8) is 0 Å². The molecule has 0 aromatic heterocycles. The molecule has 6 aromatic rings. The van der Waals surface area contributed by atoms with Crippen LogP contribution in [0.3, 0.4) is 0 Å². The van der Waals surface area contributed by atoms with Crippen LogP contribution in [-0.4, -0.2) is 30.6 Å². The van der Waals surface area contributed by atoms with Gasteiger partial charge in [-0.3, -0.25) is 9.59 Å². The zero-order valence-electron chi connectivity index (χ0n) is 33.0. The Labute approximate surface area is 349 Å². The molecule has 0 radical (unpaired) electrons. The average Bonchev–Trinajstić information content (AvgIpc) is 3.25. The lowest BCUT2D eigenvalue weighted by molar-refractivity contribution is 0.0468. The molecule has 6 nitrogen and oxygen atoms in total. The summed E-state index contributed by atoms with van der Waals surface area (Å²) in [7, 11) is 0. The highest BCUT2D eigenvalue weighted by Crippen LogP contribution is 2.46. The summed E-state index contributed by atoms with van der Waals surface area (Å²) < 4.78 is 5.73. The Hall–Kier alpha value is -5.83. The number of esters is 1. The van der Waals surface area contributed by atoms with Crippen LogP contribution >= 0.6 is 23.5 Å². The van der Waals surface area contributed by atoms with Crippen LogP contribution in [0.2, 0.25) is 0 Å². The molecule has 0 atom stereocenters. The van der Waals surface area contributed by atoms with Gasteiger partial charge in [-0.1, -0.05) is 142 Å². The van der Waals surface area contributed by atoms with E-state index in [0.717, 1.165) is 38.5 Å². The first kappa shape index (κ1) is 40.4. The smallest absolute Gasteiger partial charge is 0.339 e. The number of rotatable bonds is 16. The summed E-state index contributed by atoms with van der Waals surface area (Å²) in [5.41, 5.74) is 7.29. The summed E-state index contributed by atoms with van der Waals surface area (Å²) in [4.78, 5) is 47.0. The van der Waals surface area contributed by atoms with Crippen molar-refractivity contribution in [2.45, 2.75) is 59.8 Å². The van der Waals surface area contributed by atoms with Crippen molar-refractivity contribution in [2.24, 2.45) is 5.92 Å². The van der Waals surface area contributed by atoms with Crippen LogP contribution in [0.1, 0.15) is 91.6 Å². The fourth-order valence-electron chi connectivity index (χ4n) is 6.88. The van der Waals surface area contributed by atoms with Crippen molar-refractivity contribution in [1.82, 2.24) is 0 Å². The van der Waals surface area contributed by atoms with E-state index in [9.17, 15) is 4.79 Å². The second-order valence-electron chi connectivity index (χ2n) is 14.6. The summed E-state index contributed by atoms with van der Waals surface area (Å²) in [6.45, 7) is 11.5. The van der Waals surface area contributed by atoms with E-state index in [1.807, 2.05) is 84.9 Å². The Kier molecular flexibility index (Phi) is 13.0. The van der Waals surface area contributed by atoms with Gasteiger partial charge in [-0.05, 0) is 83.5 Å². The standard InChI is InChI=1S/C50H46N2O4S2/c1-5-28-51-38-24-26-42(57-40-18-12-10-16-36(40)29-34-22-20-33(6-2)21-23-34)46-44(38)48(53)47-43(27-25-39(45(47)49(46)54)52-30-32(3)4)58-41-19-13-11-17-37(41)50(55)56-31-35-14-8-7-9-15-35/h6-27,32,51-52H,2,5,28-31H2,1,3-4H3. The lowest BCUT2D eigenvalue weighted by Gasteiger charge is -2.27. The number of ketones is 2. The third-order valence-corrected chi connectivity index (χ3v) is 12.2. The largest absolute Gasteiger partial charge is 0.457 e. The third-order valence-electron chi connectivity index (χ3n) is 9.85. The van der Waals surface area contributed by atoms with E-state index in [1.54, 1.807) is 12.1 Å². The number of ether oxygens (including phenoxy) is 1. The zero-order valence-corrected chi connectivity index (χ0v) is 34.6. The highest BCUT2D eigenvalue weighted by molar-refractivity contribution is 7.99. The van der Waals surface area contributed by atoms with Crippen LogP contribution in [0, 0.1) is 5.92 Å². The minimum atomic E-state index is -0.467. The summed E-state index contributed by atoms with van der Waals surface area (Å²) >= 11 is 2.81. The van der Waals surface area contributed by atoms with Crippen LogP contribution in [0.25, 0.3) is 6.08 Å². The minimum Gasteiger partial charge on any atom is -0.457 e. The third kappa shape index (κ3) is 8.99. The van der Waals surface area contributed by atoms with E-state index in [1.165, 1.54) is 23.5 Å². The Morgan fingerprint density at radius 1 is 0.655 bits per heavy atom. The Balaban J connectivity index is 1.30. The Bertz CT molecular complexity index is 2480. The number of benzene rings is 6. The molecule has 0 aliphatic heterocycles. The molecule has 1 aliphatic rings. The van der Waals surface area contributed by atoms with E-state index in [2.05, 4.69) is 74.4 Å². The summed E-state index contributed by atoms with van der Waals surface area (Å²) in [5, 5.41) is 6.94. The molecule has 6 aromatic carbocycles. The van der Waals surface area contributed by atoms with Gasteiger partial charge < -0.3 is 15.4 Å². The number of nitrogens with one attached hydrogen (secondary N) is 2. The van der Waals surface area contributed by atoms with E-state index in [-0.39, 0.29) is 18.2 Å². The monoisotopic (exact) mass is 802 g/mol. The number of fused-ring (bicyclic) bond motifs is 2. The molecule has 0 saturated carbocycles. The van der Waals surface area contributed by atoms with Crippen molar-refractivity contribution in [1.29, 1.82) is 0 Å². The maximum atomic E-state index is 15.3. The van der Waals surface area contributed by atoms with Gasteiger partial charge in [0.1, 0.15) is 6.61 Å². The SMILES string of the molecule is C=Cc1ccc(Cc2ccccc2Sc2ccc(NCCC)c3c2C(=O)c2c(NCC(C)C)ccc(Sc4ccccc4C(=O)OCc4ccccc4)c2C3=O)cc1.